The maximum Gasteiger partial charge on any atom is 0.408 e. The SMILES string of the molecule is O=C(N[C@@H](Cc1c[nH]c2ccccc12)C(=O)N1CCCCC1)OCc1ccccc1. The molecule has 3 aromatic rings. The van der Waals surface area contributed by atoms with Crippen molar-refractivity contribution in [2.24, 2.45) is 0 Å². The number of benzene rings is 2. The topological polar surface area (TPSA) is 74.4 Å². The summed E-state index contributed by atoms with van der Waals surface area (Å²) in [5, 5.41) is 3.88. The van der Waals surface area contributed by atoms with Crippen LogP contribution in [0, 0.1) is 0 Å². The van der Waals surface area contributed by atoms with Crippen LogP contribution in [0.2, 0.25) is 0 Å². The summed E-state index contributed by atoms with van der Waals surface area (Å²) in [4.78, 5) is 30.8. The number of aromatic nitrogens is 1. The number of fused-ring (bicyclic) bond motifs is 1. The Hall–Kier alpha value is -3.28. The van der Waals surface area contributed by atoms with Gasteiger partial charge in [-0.1, -0.05) is 48.5 Å². The van der Waals surface area contributed by atoms with Crippen LogP contribution in [-0.2, 0) is 22.6 Å². The minimum absolute atomic E-state index is 0.0448. The number of nitrogens with zero attached hydrogens (tertiary/aromatic N) is 1. The Bertz CT molecular complexity index is 993. The molecule has 0 aliphatic carbocycles. The number of carbonyl (C=O) groups is 2. The monoisotopic (exact) mass is 405 g/mol. The summed E-state index contributed by atoms with van der Waals surface area (Å²) in [6.45, 7) is 1.65. The molecule has 1 saturated heterocycles. The van der Waals surface area contributed by atoms with E-state index in [2.05, 4.69) is 10.3 Å². The van der Waals surface area contributed by atoms with Crippen molar-refractivity contribution in [3.63, 3.8) is 0 Å². The summed E-state index contributed by atoms with van der Waals surface area (Å²) in [6.07, 6.45) is 4.91. The second-order valence-electron chi connectivity index (χ2n) is 7.71. The van der Waals surface area contributed by atoms with Gasteiger partial charge in [-0.3, -0.25) is 4.79 Å². The fourth-order valence-electron chi connectivity index (χ4n) is 3.96. The molecule has 1 fully saturated rings. The third-order valence-corrected chi connectivity index (χ3v) is 5.57. The minimum Gasteiger partial charge on any atom is -0.445 e. The number of ether oxygens (including phenoxy) is 1. The number of para-hydroxylation sites is 1. The van der Waals surface area contributed by atoms with Crippen LogP contribution in [0.5, 0.6) is 0 Å². The number of H-pyrrole nitrogens is 1. The van der Waals surface area contributed by atoms with Crippen molar-refractivity contribution in [3.8, 4) is 0 Å². The van der Waals surface area contributed by atoms with E-state index in [1.54, 1.807) is 0 Å². The lowest BCUT2D eigenvalue weighted by Crippen LogP contribution is -2.51. The first-order valence-electron chi connectivity index (χ1n) is 10.5. The summed E-state index contributed by atoms with van der Waals surface area (Å²) in [5.74, 6) is -0.0448. The average Bonchev–Trinajstić information content (AvgIpc) is 3.21. The maximum atomic E-state index is 13.2. The molecule has 6 heteroatoms. The molecule has 2 heterocycles. The highest BCUT2D eigenvalue weighted by Gasteiger charge is 2.28. The van der Waals surface area contributed by atoms with Crippen LogP contribution in [-0.4, -0.2) is 41.0 Å². The molecule has 2 N–H and O–H groups in total. The van der Waals surface area contributed by atoms with Crippen LogP contribution in [0.4, 0.5) is 4.79 Å². The number of piperidine rings is 1. The van der Waals surface area contributed by atoms with Gasteiger partial charge in [0.2, 0.25) is 5.91 Å². The number of amides is 2. The number of alkyl carbamates (subject to hydrolysis) is 1. The lowest BCUT2D eigenvalue weighted by Gasteiger charge is -2.30. The summed E-state index contributed by atoms with van der Waals surface area (Å²) in [6, 6.07) is 16.8. The van der Waals surface area contributed by atoms with E-state index in [4.69, 9.17) is 4.74 Å². The van der Waals surface area contributed by atoms with Crippen molar-refractivity contribution < 1.29 is 14.3 Å². The Balaban J connectivity index is 1.47. The largest absolute Gasteiger partial charge is 0.445 e. The van der Waals surface area contributed by atoms with Crippen molar-refractivity contribution >= 4 is 22.9 Å². The maximum absolute atomic E-state index is 13.2. The fourth-order valence-corrected chi connectivity index (χ4v) is 3.96. The van der Waals surface area contributed by atoms with Crippen LogP contribution in [0.25, 0.3) is 10.9 Å². The van der Waals surface area contributed by atoms with E-state index in [-0.39, 0.29) is 12.5 Å². The zero-order valence-corrected chi connectivity index (χ0v) is 17.0. The lowest BCUT2D eigenvalue weighted by molar-refractivity contribution is -0.134. The van der Waals surface area contributed by atoms with Gasteiger partial charge in [0.15, 0.2) is 0 Å². The molecule has 1 atom stereocenters. The van der Waals surface area contributed by atoms with Gasteiger partial charge in [-0.15, -0.1) is 0 Å². The number of carbonyl (C=O) groups excluding carboxylic acids is 2. The van der Waals surface area contributed by atoms with E-state index >= 15 is 0 Å². The van der Waals surface area contributed by atoms with E-state index in [0.29, 0.717) is 6.42 Å². The number of rotatable bonds is 6. The second kappa shape index (κ2) is 9.48. The molecule has 1 aliphatic heterocycles. The molecule has 0 bridgehead atoms. The minimum atomic E-state index is -0.662. The van der Waals surface area contributed by atoms with Gasteiger partial charge in [-0.05, 0) is 36.5 Å². The molecule has 6 nitrogen and oxygen atoms in total. The summed E-state index contributed by atoms with van der Waals surface area (Å²) in [7, 11) is 0. The molecule has 1 aromatic heterocycles. The van der Waals surface area contributed by atoms with Crippen molar-refractivity contribution in [2.45, 2.75) is 38.3 Å². The first kappa shape index (κ1) is 20.0. The molecule has 4 rings (SSSR count). The first-order valence-corrected chi connectivity index (χ1v) is 10.5. The lowest BCUT2D eigenvalue weighted by atomic mass is 10.0. The number of hydrogen-bond acceptors (Lipinski definition) is 3. The van der Waals surface area contributed by atoms with Crippen LogP contribution in [0.1, 0.15) is 30.4 Å². The highest BCUT2D eigenvalue weighted by Crippen LogP contribution is 2.20. The Morgan fingerprint density at radius 3 is 2.53 bits per heavy atom. The predicted molar refractivity (Wildman–Crippen MR) is 116 cm³/mol. The van der Waals surface area contributed by atoms with Gasteiger partial charge >= 0.3 is 6.09 Å². The average molecular weight is 405 g/mol. The predicted octanol–water partition coefficient (Wildman–Crippen LogP) is 4.02. The fraction of sp³-hybridized carbons (Fsp3) is 0.333. The van der Waals surface area contributed by atoms with Gasteiger partial charge in [0.25, 0.3) is 0 Å². The number of likely N-dealkylation sites (tertiary alicyclic amines) is 1. The van der Waals surface area contributed by atoms with Crippen LogP contribution in [0.15, 0.2) is 60.8 Å². The van der Waals surface area contributed by atoms with Crippen molar-refractivity contribution in [1.29, 1.82) is 0 Å². The molecule has 30 heavy (non-hydrogen) atoms. The van der Waals surface area contributed by atoms with Crippen molar-refractivity contribution in [3.05, 3.63) is 71.9 Å². The highest BCUT2D eigenvalue weighted by molar-refractivity contribution is 5.88. The smallest absolute Gasteiger partial charge is 0.408 e. The molecule has 0 radical (unpaired) electrons. The molecule has 2 amide bonds. The Morgan fingerprint density at radius 1 is 1.00 bits per heavy atom. The number of aromatic amines is 1. The Kier molecular flexibility index (Phi) is 6.32. The van der Waals surface area contributed by atoms with Crippen LogP contribution >= 0.6 is 0 Å². The quantitative estimate of drug-likeness (QED) is 0.651. The zero-order valence-electron chi connectivity index (χ0n) is 17.0. The molecule has 0 saturated carbocycles. The first-order chi connectivity index (χ1) is 14.7. The van der Waals surface area contributed by atoms with Gasteiger partial charge < -0.3 is 19.9 Å². The Morgan fingerprint density at radius 2 is 1.73 bits per heavy atom. The molecule has 0 unspecified atom stereocenters. The van der Waals surface area contributed by atoms with E-state index in [0.717, 1.165) is 54.4 Å². The zero-order chi connectivity index (χ0) is 20.8. The van der Waals surface area contributed by atoms with E-state index in [1.807, 2.05) is 65.7 Å². The van der Waals surface area contributed by atoms with E-state index in [9.17, 15) is 9.59 Å². The molecule has 0 spiro atoms. The number of nitrogens with one attached hydrogen (secondary N) is 2. The molecule has 1 aliphatic rings. The van der Waals surface area contributed by atoms with Gasteiger partial charge in [-0.25, -0.2) is 4.79 Å². The Labute approximate surface area is 176 Å². The summed E-state index contributed by atoms with van der Waals surface area (Å²) >= 11 is 0. The normalized spacial score (nSPS) is 15.0. The van der Waals surface area contributed by atoms with Gasteiger partial charge in [0.1, 0.15) is 12.6 Å². The summed E-state index contributed by atoms with van der Waals surface area (Å²) in [5.41, 5.74) is 2.93. The third kappa shape index (κ3) is 4.82. The molecular weight excluding hydrogens is 378 g/mol. The highest BCUT2D eigenvalue weighted by atomic mass is 16.5. The number of hydrogen-bond donors (Lipinski definition) is 2. The van der Waals surface area contributed by atoms with Crippen molar-refractivity contribution in [2.75, 3.05) is 13.1 Å². The van der Waals surface area contributed by atoms with Crippen molar-refractivity contribution in [1.82, 2.24) is 15.2 Å². The van der Waals surface area contributed by atoms with Gasteiger partial charge in [0, 0.05) is 36.6 Å². The standard InChI is InChI=1S/C24H27N3O3/c28-23(27-13-7-2-8-14-27)22(15-19-16-25-21-12-6-5-11-20(19)21)26-24(29)30-17-18-9-3-1-4-10-18/h1,3-6,9-12,16,22,25H,2,7-8,13-15,17H2,(H,26,29)/t22-/m0/s1. The van der Waals surface area contributed by atoms with Gasteiger partial charge in [-0.2, -0.15) is 0 Å². The molecule has 2 aromatic carbocycles. The molecule has 156 valence electrons. The van der Waals surface area contributed by atoms with E-state index in [1.165, 1.54) is 0 Å². The summed E-state index contributed by atoms with van der Waals surface area (Å²) < 4.78 is 5.37. The van der Waals surface area contributed by atoms with Crippen LogP contribution in [0.3, 0.4) is 0 Å². The molecular formula is C24H27N3O3. The van der Waals surface area contributed by atoms with Crippen LogP contribution < -0.4 is 5.32 Å². The second-order valence-corrected chi connectivity index (χ2v) is 7.71. The van der Waals surface area contributed by atoms with E-state index < -0.39 is 12.1 Å². The van der Waals surface area contributed by atoms with Gasteiger partial charge in [0.05, 0.1) is 0 Å². The third-order valence-electron chi connectivity index (χ3n) is 5.57.